The Morgan fingerprint density at radius 3 is 2.78 bits per heavy atom. The predicted octanol–water partition coefficient (Wildman–Crippen LogP) is 2.50. The second-order valence-corrected chi connectivity index (χ2v) is 4.64. The molecule has 6 heteroatoms. The molecule has 0 aliphatic rings. The van der Waals surface area contributed by atoms with Crippen molar-refractivity contribution in [3.05, 3.63) is 40.5 Å². The number of aromatic nitrogens is 2. The predicted molar refractivity (Wildman–Crippen MR) is 71.6 cm³/mol. The summed E-state index contributed by atoms with van der Waals surface area (Å²) in [6, 6.07) is 9.03. The van der Waals surface area contributed by atoms with Gasteiger partial charge in [0.15, 0.2) is 12.4 Å². The van der Waals surface area contributed by atoms with Crippen molar-refractivity contribution in [1.82, 2.24) is 10.2 Å². The monoisotopic (exact) mass is 309 g/mol. The number of hydrogen-bond acceptors (Lipinski definition) is 3. The Labute approximate surface area is 113 Å². The lowest BCUT2D eigenvalue weighted by Crippen LogP contribution is -2.20. The maximum Gasteiger partial charge on any atom is 0.263 e. The fourth-order valence-electron chi connectivity index (χ4n) is 1.34. The molecule has 0 aliphatic carbocycles. The van der Waals surface area contributed by atoms with Crippen LogP contribution in [0, 0.1) is 6.92 Å². The number of halogens is 1. The van der Waals surface area contributed by atoms with Crippen LogP contribution in [0.2, 0.25) is 0 Å². The zero-order valence-electron chi connectivity index (χ0n) is 9.74. The molecular weight excluding hydrogens is 298 g/mol. The fraction of sp³-hybridized carbons (Fsp3) is 0.167. The lowest BCUT2D eigenvalue weighted by atomic mass is 10.3. The van der Waals surface area contributed by atoms with E-state index in [1.165, 1.54) is 0 Å². The largest absolute Gasteiger partial charge is 0.484 e. The van der Waals surface area contributed by atoms with Crippen LogP contribution in [0.1, 0.15) is 5.69 Å². The summed E-state index contributed by atoms with van der Waals surface area (Å²) < 4.78 is 6.30. The van der Waals surface area contributed by atoms with Crippen molar-refractivity contribution in [2.45, 2.75) is 6.92 Å². The molecule has 2 rings (SSSR count). The third-order valence-corrected chi connectivity index (χ3v) is 2.69. The number of amides is 1. The van der Waals surface area contributed by atoms with E-state index < -0.39 is 0 Å². The summed E-state index contributed by atoms with van der Waals surface area (Å²) in [5.41, 5.74) is 0.888. The Kier molecular flexibility index (Phi) is 3.99. The highest BCUT2D eigenvalue weighted by Crippen LogP contribution is 2.16. The number of aryl methyl sites for hydroxylation is 1. The molecule has 0 fully saturated rings. The van der Waals surface area contributed by atoms with Crippen LogP contribution in [0.15, 0.2) is 34.8 Å². The van der Waals surface area contributed by atoms with E-state index in [1.54, 1.807) is 18.2 Å². The molecule has 0 saturated heterocycles. The average Bonchev–Trinajstić information content (AvgIpc) is 2.74. The van der Waals surface area contributed by atoms with Crippen LogP contribution in [0.25, 0.3) is 0 Å². The number of H-pyrrole nitrogens is 1. The number of carbonyl (C=O) groups is 1. The van der Waals surface area contributed by atoms with Crippen LogP contribution in [0.5, 0.6) is 5.75 Å². The molecule has 18 heavy (non-hydrogen) atoms. The maximum atomic E-state index is 11.6. The molecule has 0 radical (unpaired) electrons. The number of ether oxygens (including phenoxy) is 1. The van der Waals surface area contributed by atoms with Gasteiger partial charge in [-0.25, -0.2) is 0 Å². The number of aromatic amines is 1. The van der Waals surface area contributed by atoms with Gasteiger partial charge in [0.1, 0.15) is 5.75 Å². The summed E-state index contributed by atoms with van der Waals surface area (Å²) in [6.07, 6.45) is 0. The minimum absolute atomic E-state index is 0.0481. The molecule has 0 atom stereocenters. The molecular formula is C12H12BrN3O2. The third-order valence-electron chi connectivity index (χ3n) is 2.16. The number of rotatable bonds is 4. The van der Waals surface area contributed by atoms with Crippen molar-refractivity contribution in [1.29, 1.82) is 0 Å². The van der Waals surface area contributed by atoms with Crippen molar-refractivity contribution in [2.24, 2.45) is 0 Å². The summed E-state index contributed by atoms with van der Waals surface area (Å²) >= 11 is 3.33. The van der Waals surface area contributed by atoms with Gasteiger partial charge in [-0.3, -0.25) is 9.89 Å². The number of carbonyl (C=O) groups excluding carboxylic acids is 1. The minimum Gasteiger partial charge on any atom is -0.484 e. The molecule has 2 N–H and O–H groups in total. The van der Waals surface area contributed by atoms with E-state index >= 15 is 0 Å². The number of benzene rings is 1. The number of nitrogens with one attached hydrogen (secondary N) is 2. The molecule has 1 amide bonds. The van der Waals surface area contributed by atoms with Gasteiger partial charge in [-0.1, -0.05) is 15.9 Å². The first-order valence-corrected chi connectivity index (χ1v) is 6.13. The van der Waals surface area contributed by atoms with Crippen molar-refractivity contribution >= 4 is 27.7 Å². The van der Waals surface area contributed by atoms with E-state index in [1.807, 2.05) is 19.1 Å². The molecule has 94 valence electrons. The smallest absolute Gasteiger partial charge is 0.263 e. The molecule has 1 heterocycles. The van der Waals surface area contributed by atoms with Gasteiger partial charge in [0.25, 0.3) is 5.91 Å². The van der Waals surface area contributed by atoms with Crippen LogP contribution in [0.4, 0.5) is 5.82 Å². The number of nitrogens with zero attached hydrogens (tertiary/aromatic N) is 1. The van der Waals surface area contributed by atoms with Gasteiger partial charge in [0.05, 0.1) is 0 Å². The molecule has 1 aromatic heterocycles. The Morgan fingerprint density at radius 1 is 1.44 bits per heavy atom. The SMILES string of the molecule is Cc1cc(NC(=O)COc2ccc(Br)cc2)n[nH]1. The molecule has 1 aromatic carbocycles. The third kappa shape index (κ3) is 3.59. The van der Waals surface area contributed by atoms with Crippen molar-refractivity contribution in [2.75, 3.05) is 11.9 Å². The van der Waals surface area contributed by atoms with Gasteiger partial charge in [0.2, 0.25) is 0 Å². The van der Waals surface area contributed by atoms with E-state index in [0.29, 0.717) is 11.6 Å². The lowest BCUT2D eigenvalue weighted by molar-refractivity contribution is -0.118. The van der Waals surface area contributed by atoms with Gasteiger partial charge >= 0.3 is 0 Å². The highest BCUT2D eigenvalue weighted by molar-refractivity contribution is 9.10. The topological polar surface area (TPSA) is 67.0 Å². The first-order chi connectivity index (χ1) is 8.63. The molecule has 2 aromatic rings. The van der Waals surface area contributed by atoms with Gasteiger partial charge < -0.3 is 10.1 Å². The summed E-state index contributed by atoms with van der Waals surface area (Å²) in [5, 5.41) is 9.28. The fourth-order valence-corrected chi connectivity index (χ4v) is 1.61. The minimum atomic E-state index is -0.246. The lowest BCUT2D eigenvalue weighted by Gasteiger charge is -2.05. The Bertz CT molecular complexity index is 537. The van der Waals surface area contributed by atoms with Crippen molar-refractivity contribution in [3.63, 3.8) is 0 Å². The maximum absolute atomic E-state index is 11.6. The van der Waals surface area contributed by atoms with E-state index in [4.69, 9.17) is 4.74 Å². The van der Waals surface area contributed by atoms with E-state index in [0.717, 1.165) is 10.2 Å². The highest BCUT2D eigenvalue weighted by atomic mass is 79.9. The van der Waals surface area contributed by atoms with Gasteiger partial charge in [-0.15, -0.1) is 0 Å². The number of hydrogen-bond donors (Lipinski definition) is 2. The first-order valence-electron chi connectivity index (χ1n) is 5.34. The Balaban J connectivity index is 1.83. The van der Waals surface area contributed by atoms with Gasteiger partial charge in [-0.2, -0.15) is 5.10 Å². The second kappa shape index (κ2) is 5.68. The molecule has 0 unspecified atom stereocenters. The Hall–Kier alpha value is -1.82. The first kappa shape index (κ1) is 12.6. The highest BCUT2D eigenvalue weighted by Gasteiger charge is 2.05. The summed E-state index contributed by atoms with van der Waals surface area (Å²) in [5.74, 6) is 0.896. The molecule has 5 nitrogen and oxygen atoms in total. The van der Waals surface area contributed by atoms with E-state index in [-0.39, 0.29) is 12.5 Å². The molecule has 0 spiro atoms. The summed E-state index contributed by atoms with van der Waals surface area (Å²) in [7, 11) is 0. The average molecular weight is 310 g/mol. The molecule has 0 aliphatic heterocycles. The standard InChI is InChI=1S/C12H12BrN3O2/c1-8-6-11(16-15-8)14-12(17)7-18-10-4-2-9(13)3-5-10/h2-6H,7H2,1H3,(H2,14,15,16,17). The molecule has 0 bridgehead atoms. The zero-order valence-corrected chi connectivity index (χ0v) is 11.3. The quantitative estimate of drug-likeness (QED) is 0.912. The van der Waals surface area contributed by atoms with Crippen LogP contribution in [-0.2, 0) is 4.79 Å². The van der Waals surface area contributed by atoms with Crippen molar-refractivity contribution in [3.8, 4) is 5.75 Å². The van der Waals surface area contributed by atoms with Gasteiger partial charge in [0, 0.05) is 16.2 Å². The van der Waals surface area contributed by atoms with Crippen LogP contribution in [-0.4, -0.2) is 22.7 Å². The normalized spacial score (nSPS) is 10.1. The zero-order chi connectivity index (χ0) is 13.0. The summed E-state index contributed by atoms with van der Waals surface area (Å²) in [4.78, 5) is 11.6. The van der Waals surface area contributed by atoms with E-state index in [2.05, 4.69) is 31.4 Å². The van der Waals surface area contributed by atoms with E-state index in [9.17, 15) is 4.79 Å². The second-order valence-electron chi connectivity index (χ2n) is 3.73. The molecule has 0 saturated carbocycles. The van der Waals surface area contributed by atoms with Crippen LogP contribution in [0.3, 0.4) is 0 Å². The van der Waals surface area contributed by atoms with Crippen molar-refractivity contribution < 1.29 is 9.53 Å². The number of anilines is 1. The van der Waals surface area contributed by atoms with Gasteiger partial charge in [-0.05, 0) is 31.2 Å². The summed E-state index contributed by atoms with van der Waals surface area (Å²) in [6.45, 7) is 1.81. The van der Waals surface area contributed by atoms with Crippen LogP contribution < -0.4 is 10.1 Å². The van der Waals surface area contributed by atoms with Crippen LogP contribution >= 0.6 is 15.9 Å². The Morgan fingerprint density at radius 2 is 2.17 bits per heavy atom.